The van der Waals surface area contributed by atoms with Gasteiger partial charge in [-0.15, -0.1) is 0 Å². The summed E-state index contributed by atoms with van der Waals surface area (Å²) >= 11 is 0. The number of nitrogens with zero attached hydrogens (tertiary/aromatic N) is 1. The van der Waals surface area contributed by atoms with E-state index in [1.54, 1.807) is 24.3 Å². The van der Waals surface area contributed by atoms with E-state index in [0.29, 0.717) is 32.7 Å². The largest absolute Gasteiger partial charge is 0.383 e. The number of rotatable bonds is 21. The number of hydrogen-bond acceptors (Lipinski definition) is 10. The molecule has 0 radical (unpaired) electrons. The monoisotopic (exact) mass is 754 g/mol. The van der Waals surface area contributed by atoms with E-state index in [4.69, 9.17) is 10.5 Å². The molecular weight excluding hydrogens is 692 g/mol. The Morgan fingerprint density at radius 3 is 1.81 bits per heavy atom. The Morgan fingerprint density at radius 1 is 0.741 bits per heavy atom. The number of ether oxygens (including phenoxy) is 1. The molecular formula is C40H62N6O8. The van der Waals surface area contributed by atoms with Gasteiger partial charge in [0.15, 0.2) is 0 Å². The minimum absolute atomic E-state index is 0.0422. The molecule has 9 N–H and O–H groups in total. The van der Waals surface area contributed by atoms with E-state index in [2.05, 4.69) is 21.3 Å². The van der Waals surface area contributed by atoms with Crippen LogP contribution in [-0.2, 0) is 36.8 Å². The topological polar surface area (TPSA) is 216 Å². The second-order valence-corrected chi connectivity index (χ2v) is 15.4. The number of carbonyl (C=O) groups excluding carboxylic acids is 4. The minimum Gasteiger partial charge on any atom is -0.383 e. The Hall–Kier alpha value is -3.92. The first kappa shape index (κ1) is 44.5. The van der Waals surface area contributed by atoms with E-state index in [1.807, 2.05) is 69.0 Å². The van der Waals surface area contributed by atoms with Gasteiger partial charge in [-0.1, -0.05) is 88.4 Å². The second kappa shape index (κ2) is 21.2. The number of morpholine rings is 1. The molecule has 1 aliphatic heterocycles. The molecule has 5 atom stereocenters. The Bertz CT molecular complexity index is 1470. The standard InChI is InChI=1S/C40H62N6O8/c1-27(2)22-32(43-36(48)31(17-16-29-12-8-6-9-13-29)42-35(47)25-46-18-20-54-21-19-46)37(49)44-33(24-30-14-10-7-11-15-30)38(50)45-34(23-28(3)4)40(52,53)39(5,51)26-41/h6-15,27-28,31-34,51-53H,16-26,41H2,1-5H3,(H,42,47)(H,43,48)(H,44,49)(H,45,50)/t31-,32-,33-,34-,39+/m0/s1. The zero-order valence-electron chi connectivity index (χ0n) is 32.4. The van der Waals surface area contributed by atoms with Crippen LogP contribution in [0.1, 0.15) is 65.0 Å². The highest BCUT2D eigenvalue weighted by Gasteiger charge is 2.50. The molecule has 3 rings (SSSR count). The fourth-order valence-corrected chi connectivity index (χ4v) is 6.33. The summed E-state index contributed by atoms with van der Waals surface area (Å²) in [4.78, 5) is 57.2. The van der Waals surface area contributed by atoms with Gasteiger partial charge in [0.2, 0.25) is 29.4 Å². The van der Waals surface area contributed by atoms with Gasteiger partial charge in [-0.25, -0.2) is 0 Å². The molecule has 1 saturated heterocycles. The summed E-state index contributed by atoms with van der Waals surface area (Å²) in [5, 5.41) is 44.2. The van der Waals surface area contributed by atoms with E-state index >= 15 is 0 Å². The smallest absolute Gasteiger partial charge is 0.243 e. The van der Waals surface area contributed by atoms with Crippen molar-refractivity contribution in [1.29, 1.82) is 0 Å². The van der Waals surface area contributed by atoms with Crippen molar-refractivity contribution < 1.29 is 39.2 Å². The van der Waals surface area contributed by atoms with Crippen LogP contribution in [0.5, 0.6) is 0 Å². The lowest BCUT2D eigenvalue weighted by Crippen LogP contribution is -2.68. The van der Waals surface area contributed by atoms with Crippen molar-refractivity contribution in [2.75, 3.05) is 39.4 Å². The number of carbonyl (C=O) groups is 4. The Balaban J connectivity index is 1.86. The molecule has 54 heavy (non-hydrogen) atoms. The lowest BCUT2D eigenvalue weighted by Gasteiger charge is -2.42. The average molecular weight is 755 g/mol. The predicted molar refractivity (Wildman–Crippen MR) is 206 cm³/mol. The van der Waals surface area contributed by atoms with E-state index < -0.39 is 59.8 Å². The van der Waals surface area contributed by atoms with Crippen LogP contribution in [0.15, 0.2) is 60.7 Å². The molecule has 14 nitrogen and oxygen atoms in total. The maximum Gasteiger partial charge on any atom is 0.243 e. The van der Waals surface area contributed by atoms with E-state index in [0.717, 1.165) is 11.1 Å². The Labute approximate surface area is 319 Å². The summed E-state index contributed by atoms with van der Waals surface area (Å²) < 4.78 is 5.39. The van der Waals surface area contributed by atoms with Gasteiger partial charge in [0.25, 0.3) is 0 Å². The highest BCUT2D eigenvalue weighted by Crippen LogP contribution is 2.27. The molecule has 14 heteroatoms. The maximum atomic E-state index is 14.1. The molecule has 0 unspecified atom stereocenters. The SMILES string of the molecule is CC(C)C[C@H](NC(=O)[C@H](CCc1ccccc1)NC(=O)CN1CCOCC1)C(=O)N[C@@H](Cc1ccccc1)C(=O)N[C@@H](CC(C)C)C(O)(O)[C@](C)(O)CN. The van der Waals surface area contributed by atoms with Gasteiger partial charge in [0, 0.05) is 26.1 Å². The first-order valence-electron chi connectivity index (χ1n) is 19.0. The van der Waals surface area contributed by atoms with E-state index in [-0.39, 0.29) is 50.0 Å². The van der Waals surface area contributed by atoms with Gasteiger partial charge in [0.1, 0.15) is 23.7 Å². The molecule has 2 aromatic carbocycles. The van der Waals surface area contributed by atoms with Crippen LogP contribution in [0.2, 0.25) is 0 Å². The molecule has 0 spiro atoms. The number of aryl methyl sites for hydroxylation is 1. The number of nitrogens with two attached hydrogens (primary N) is 1. The van der Waals surface area contributed by atoms with Crippen LogP contribution >= 0.6 is 0 Å². The lowest BCUT2D eigenvalue weighted by atomic mass is 9.84. The molecule has 0 aliphatic carbocycles. The van der Waals surface area contributed by atoms with E-state index in [1.165, 1.54) is 6.92 Å². The molecule has 1 heterocycles. The van der Waals surface area contributed by atoms with Crippen molar-refractivity contribution in [3.63, 3.8) is 0 Å². The van der Waals surface area contributed by atoms with Crippen LogP contribution in [0.4, 0.5) is 0 Å². The first-order valence-corrected chi connectivity index (χ1v) is 19.0. The summed E-state index contributed by atoms with van der Waals surface area (Å²) in [5.74, 6) is -5.16. The number of benzene rings is 2. The van der Waals surface area contributed by atoms with Crippen LogP contribution in [0.25, 0.3) is 0 Å². The van der Waals surface area contributed by atoms with Crippen LogP contribution < -0.4 is 27.0 Å². The highest BCUT2D eigenvalue weighted by atomic mass is 16.5. The van der Waals surface area contributed by atoms with Gasteiger partial charge in [-0.2, -0.15) is 0 Å². The third-order valence-corrected chi connectivity index (χ3v) is 9.64. The van der Waals surface area contributed by atoms with Crippen molar-refractivity contribution in [3.05, 3.63) is 71.8 Å². The summed E-state index contributed by atoms with van der Waals surface area (Å²) in [6.45, 7) is 10.5. The minimum atomic E-state index is -2.81. The van der Waals surface area contributed by atoms with Crippen molar-refractivity contribution in [2.45, 2.75) is 102 Å². The predicted octanol–water partition coefficient (Wildman–Crippen LogP) is 0.616. The molecule has 0 bridgehead atoms. The van der Waals surface area contributed by atoms with Gasteiger partial charge in [-0.3, -0.25) is 24.1 Å². The van der Waals surface area contributed by atoms with Crippen molar-refractivity contribution >= 4 is 23.6 Å². The third-order valence-electron chi connectivity index (χ3n) is 9.64. The van der Waals surface area contributed by atoms with Crippen LogP contribution in [-0.4, -0.2) is 119 Å². The summed E-state index contributed by atoms with van der Waals surface area (Å²) in [7, 11) is 0. The van der Waals surface area contributed by atoms with Crippen molar-refractivity contribution in [1.82, 2.24) is 26.2 Å². The van der Waals surface area contributed by atoms with Gasteiger partial charge in [-0.05, 0) is 55.6 Å². The maximum absolute atomic E-state index is 14.1. The Kier molecular flexibility index (Phi) is 17.5. The second-order valence-electron chi connectivity index (χ2n) is 15.4. The molecule has 1 aliphatic rings. The fourth-order valence-electron chi connectivity index (χ4n) is 6.33. The van der Waals surface area contributed by atoms with Gasteiger partial charge < -0.3 is 47.1 Å². The molecule has 1 fully saturated rings. The molecule has 0 saturated carbocycles. The molecule has 4 amide bonds. The summed E-state index contributed by atoms with van der Waals surface area (Å²) in [6, 6.07) is 14.0. The lowest BCUT2D eigenvalue weighted by molar-refractivity contribution is -0.281. The quantitative estimate of drug-likeness (QED) is 0.0832. The van der Waals surface area contributed by atoms with Gasteiger partial charge >= 0.3 is 0 Å². The normalized spacial score (nSPS) is 17.2. The zero-order chi connectivity index (χ0) is 39.9. The number of nitrogens with one attached hydrogen (secondary N) is 4. The average Bonchev–Trinajstić information content (AvgIpc) is 3.13. The van der Waals surface area contributed by atoms with Crippen molar-refractivity contribution in [2.24, 2.45) is 17.6 Å². The molecule has 300 valence electrons. The number of hydrogen-bond donors (Lipinski definition) is 8. The number of amides is 4. The summed E-state index contributed by atoms with van der Waals surface area (Å²) in [6.07, 6.45) is 1.14. The highest BCUT2D eigenvalue weighted by molar-refractivity contribution is 5.94. The van der Waals surface area contributed by atoms with Gasteiger partial charge in [0.05, 0.1) is 25.8 Å². The third kappa shape index (κ3) is 14.1. The van der Waals surface area contributed by atoms with Crippen LogP contribution in [0, 0.1) is 11.8 Å². The van der Waals surface area contributed by atoms with Crippen molar-refractivity contribution in [3.8, 4) is 0 Å². The van der Waals surface area contributed by atoms with E-state index in [9.17, 15) is 34.5 Å². The first-order chi connectivity index (χ1) is 25.5. The number of aliphatic hydroxyl groups is 3. The molecule has 0 aromatic heterocycles. The zero-order valence-corrected chi connectivity index (χ0v) is 32.4. The fraction of sp³-hybridized carbons (Fsp3) is 0.600. The summed E-state index contributed by atoms with van der Waals surface area (Å²) in [5.41, 5.74) is 5.21. The Morgan fingerprint density at radius 2 is 1.26 bits per heavy atom. The van der Waals surface area contributed by atoms with Crippen LogP contribution in [0.3, 0.4) is 0 Å². The molecule has 2 aromatic rings.